The maximum absolute atomic E-state index is 11.8. The lowest BCUT2D eigenvalue weighted by Gasteiger charge is -2.05. The summed E-state index contributed by atoms with van der Waals surface area (Å²) in [5.74, 6) is -0.328. The minimum absolute atomic E-state index is 0.328. The molecule has 1 amide bonds. The maximum Gasteiger partial charge on any atom is 0.289 e. The molecule has 102 valence electrons. The Morgan fingerprint density at radius 2 is 2.00 bits per heavy atom. The predicted octanol–water partition coefficient (Wildman–Crippen LogP) is 3.28. The van der Waals surface area contributed by atoms with Crippen LogP contribution < -0.4 is 5.43 Å². The van der Waals surface area contributed by atoms with E-state index in [-0.39, 0.29) is 5.91 Å². The lowest BCUT2D eigenvalue weighted by Crippen LogP contribution is -2.20. The molecule has 0 unspecified atom stereocenters. The van der Waals surface area contributed by atoms with Crippen LogP contribution in [0.4, 0.5) is 0 Å². The van der Waals surface area contributed by atoms with Crippen molar-refractivity contribution in [1.29, 1.82) is 0 Å². The van der Waals surface area contributed by atoms with Gasteiger partial charge in [-0.15, -0.1) is 0 Å². The SMILES string of the molecule is CC/C(=N/NC(=O)c1ccccn1)c1ccc(Cl)cc1. The number of hydrogen-bond acceptors (Lipinski definition) is 3. The Balaban J connectivity index is 2.12. The van der Waals surface area contributed by atoms with E-state index < -0.39 is 0 Å². The first-order chi connectivity index (χ1) is 9.70. The van der Waals surface area contributed by atoms with Crippen molar-refractivity contribution in [3.63, 3.8) is 0 Å². The second-order valence-electron chi connectivity index (χ2n) is 4.07. The lowest BCUT2D eigenvalue weighted by atomic mass is 10.1. The van der Waals surface area contributed by atoms with Crippen LogP contribution in [0.3, 0.4) is 0 Å². The Bertz CT molecular complexity index is 609. The van der Waals surface area contributed by atoms with Crippen molar-refractivity contribution in [3.05, 3.63) is 64.9 Å². The number of nitrogens with zero attached hydrogens (tertiary/aromatic N) is 2. The Kier molecular flexibility index (Phi) is 4.85. The average Bonchev–Trinajstić information content (AvgIpc) is 2.50. The summed E-state index contributed by atoms with van der Waals surface area (Å²) in [6.07, 6.45) is 2.27. The zero-order valence-corrected chi connectivity index (χ0v) is 11.8. The van der Waals surface area contributed by atoms with E-state index >= 15 is 0 Å². The van der Waals surface area contributed by atoms with Crippen LogP contribution in [0.25, 0.3) is 0 Å². The minimum Gasteiger partial charge on any atom is -0.266 e. The van der Waals surface area contributed by atoms with Gasteiger partial charge in [-0.1, -0.05) is 36.7 Å². The highest BCUT2D eigenvalue weighted by Crippen LogP contribution is 2.11. The first kappa shape index (κ1) is 14.2. The molecule has 0 atom stereocenters. The average molecular weight is 288 g/mol. The number of amides is 1. The summed E-state index contributed by atoms with van der Waals surface area (Å²) >= 11 is 5.85. The van der Waals surface area contributed by atoms with Crippen LogP contribution in [0.1, 0.15) is 29.4 Å². The molecular formula is C15H14ClN3O. The second kappa shape index (κ2) is 6.82. The number of benzene rings is 1. The normalized spacial score (nSPS) is 11.2. The van der Waals surface area contributed by atoms with Crippen LogP contribution in [0.15, 0.2) is 53.8 Å². The van der Waals surface area contributed by atoms with Crippen molar-refractivity contribution in [2.24, 2.45) is 5.10 Å². The molecule has 1 aromatic carbocycles. The summed E-state index contributed by atoms with van der Waals surface area (Å²) in [5, 5.41) is 4.82. The van der Waals surface area contributed by atoms with E-state index in [1.807, 2.05) is 19.1 Å². The fourth-order valence-electron chi connectivity index (χ4n) is 1.66. The zero-order chi connectivity index (χ0) is 14.4. The van der Waals surface area contributed by atoms with Crippen LogP contribution >= 0.6 is 11.6 Å². The highest BCUT2D eigenvalue weighted by molar-refractivity contribution is 6.30. The van der Waals surface area contributed by atoms with Crippen molar-refractivity contribution in [2.45, 2.75) is 13.3 Å². The number of rotatable bonds is 4. The smallest absolute Gasteiger partial charge is 0.266 e. The van der Waals surface area contributed by atoms with Crippen molar-refractivity contribution in [3.8, 4) is 0 Å². The molecule has 2 rings (SSSR count). The van der Waals surface area contributed by atoms with Crippen LogP contribution in [0, 0.1) is 0 Å². The molecule has 0 radical (unpaired) electrons. The topological polar surface area (TPSA) is 54.4 Å². The molecule has 1 N–H and O–H groups in total. The molecule has 1 heterocycles. The second-order valence-corrected chi connectivity index (χ2v) is 4.51. The van der Waals surface area contributed by atoms with E-state index in [0.29, 0.717) is 17.1 Å². The summed E-state index contributed by atoms with van der Waals surface area (Å²) < 4.78 is 0. The third-order valence-corrected chi connectivity index (χ3v) is 2.95. The molecule has 0 spiro atoms. The van der Waals surface area contributed by atoms with Gasteiger partial charge in [0.2, 0.25) is 0 Å². The zero-order valence-electron chi connectivity index (χ0n) is 11.0. The van der Waals surface area contributed by atoms with Gasteiger partial charge in [-0.3, -0.25) is 9.78 Å². The largest absolute Gasteiger partial charge is 0.289 e. The van der Waals surface area contributed by atoms with E-state index in [9.17, 15) is 4.79 Å². The minimum atomic E-state index is -0.328. The summed E-state index contributed by atoms with van der Waals surface area (Å²) in [4.78, 5) is 15.8. The fraction of sp³-hybridized carbons (Fsp3) is 0.133. The van der Waals surface area contributed by atoms with Gasteiger partial charge in [0.05, 0.1) is 5.71 Å². The summed E-state index contributed by atoms with van der Waals surface area (Å²) in [7, 11) is 0. The van der Waals surface area contributed by atoms with Crippen molar-refractivity contribution < 1.29 is 4.79 Å². The highest BCUT2D eigenvalue weighted by Gasteiger charge is 2.06. The van der Waals surface area contributed by atoms with Gasteiger partial charge in [0.25, 0.3) is 5.91 Å². The van der Waals surface area contributed by atoms with Crippen molar-refractivity contribution in [2.75, 3.05) is 0 Å². The summed E-state index contributed by atoms with van der Waals surface area (Å²) in [6, 6.07) is 12.5. The van der Waals surface area contributed by atoms with Crippen LogP contribution in [-0.2, 0) is 0 Å². The van der Waals surface area contributed by atoms with Crippen LogP contribution in [0.2, 0.25) is 5.02 Å². The molecule has 0 saturated carbocycles. The number of hydrogen-bond donors (Lipinski definition) is 1. The molecule has 5 heteroatoms. The summed E-state index contributed by atoms with van der Waals surface area (Å²) in [6.45, 7) is 1.97. The molecule has 0 saturated heterocycles. The molecule has 0 aliphatic carbocycles. The Labute approximate surface area is 122 Å². The number of carbonyl (C=O) groups is 1. The molecule has 1 aromatic heterocycles. The van der Waals surface area contributed by atoms with E-state index in [2.05, 4.69) is 15.5 Å². The Morgan fingerprint density at radius 3 is 2.60 bits per heavy atom. The molecule has 4 nitrogen and oxygen atoms in total. The molecule has 0 fully saturated rings. The fourth-order valence-corrected chi connectivity index (χ4v) is 1.79. The number of halogens is 1. The first-order valence-corrected chi connectivity index (χ1v) is 6.62. The van der Waals surface area contributed by atoms with E-state index in [0.717, 1.165) is 11.3 Å². The van der Waals surface area contributed by atoms with Crippen molar-refractivity contribution >= 4 is 23.2 Å². The van der Waals surface area contributed by atoms with E-state index in [1.54, 1.807) is 36.5 Å². The van der Waals surface area contributed by atoms with Crippen LogP contribution in [-0.4, -0.2) is 16.6 Å². The first-order valence-electron chi connectivity index (χ1n) is 6.24. The Hall–Kier alpha value is -2.20. The third-order valence-electron chi connectivity index (χ3n) is 2.70. The van der Waals surface area contributed by atoms with Gasteiger partial charge in [-0.2, -0.15) is 5.10 Å². The number of nitrogens with one attached hydrogen (secondary N) is 1. The lowest BCUT2D eigenvalue weighted by molar-refractivity contribution is 0.0950. The van der Waals surface area contributed by atoms with Gasteiger partial charge in [0.15, 0.2) is 0 Å². The van der Waals surface area contributed by atoms with E-state index in [4.69, 9.17) is 11.6 Å². The monoisotopic (exact) mass is 287 g/mol. The number of hydrazone groups is 1. The Morgan fingerprint density at radius 1 is 1.25 bits per heavy atom. The van der Waals surface area contributed by atoms with Crippen molar-refractivity contribution in [1.82, 2.24) is 10.4 Å². The molecule has 2 aromatic rings. The molecule has 0 aliphatic heterocycles. The van der Waals surface area contributed by atoms with Gasteiger partial charge in [0, 0.05) is 11.2 Å². The quantitative estimate of drug-likeness (QED) is 0.693. The van der Waals surface area contributed by atoms with Gasteiger partial charge in [-0.25, -0.2) is 5.43 Å². The number of pyridine rings is 1. The van der Waals surface area contributed by atoms with Gasteiger partial charge in [0.1, 0.15) is 5.69 Å². The van der Waals surface area contributed by atoms with Gasteiger partial charge in [-0.05, 0) is 36.2 Å². The third kappa shape index (κ3) is 3.65. The van der Waals surface area contributed by atoms with Gasteiger partial charge >= 0.3 is 0 Å². The molecule has 20 heavy (non-hydrogen) atoms. The number of carbonyl (C=O) groups excluding carboxylic acids is 1. The van der Waals surface area contributed by atoms with E-state index in [1.165, 1.54) is 0 Å². The molecular weight excluding hydrogens is 274 g/mol. The van der Waals surface area contributed by atoms with Gasteiger partial charge < -0.3 is 0 Å². The standard InChI is InChI=1S/C15H14ClN3O/c1-2-13(11-6-8-12(16)9-7-11)18-19-15(20)14-5-3-4-10-17-14/h3-10H,2H2,1H3,(H,19,20)/b18-13-. The molecule has 0 aliphatic rings. The highest BCUT2D eigenvalue weighted by atomic mass is 35.5. The molecule has 0 bridgehead atoms. The number of aromatic nitrogens is 1. The predicted molar refractivity (Wildman–Crippen MR) is 80.0 cm³/mol. The summed E-state index contributed by atoms with van der Waals surface area (Å²) in [5.41, 5.74) is 4.56. The van der Waals surface area contributed by atoms with Crippen LogP contribution in [0.5, 0.6) is 0 Å². The maximum atomic E-state index is 11.8.